The van der Waals surface area contributed by atoms with Gasteiger partial charge in [-0.25, -0.2) is 4.79 Å². The third kappa shape index (κ3) is 8.33. The number of carboxylic acid groups (broad SMARTS) is 1. The topological polar surface area (TPSA) is 180 Å². The number of carboxylic acids is 1. The van der Waals surface area contributed by atoms with Crippen molar-refractivity contribution in [1.82, 2.24) is 21.3 Å². The molecule has 1 heterocycles. The fourth-order valence-corrected chi connectivity index (χ4v) is 2.82. The van der Waals surface area contributed by atoms with Gasteiger partial charge in [-0.2, -0.15) is 0 Å². The highest BCUT2D eigenvalue weighted by molar-refractivity contribution is 5.95. The number of aliphatic carboxylic acids is 1. The number of hydrogen-bond donors (Lipinski definition) is 6. The molecular weight excluding hydrogens is 370 g/mol. The van der Waals surface area contributed by atoms with E-state index in [1.54, 1.807) is 13.8 Å². The molecule has 0 aromatic heterocycles. The minimum atomic E-state index is -1.33. The maximum absolute atomic E-state index is 12.4. The Morgan fingerprint density at radius 1 is 1.14 bits per heavy atom. The second-order valence-corrected chi connectivity index (χ2v) is 7.19. The van der Waals surface area contributed by atoms with Crippen LogP contribution in [0.5, 0.6) is 0 Å². The number of nitrogens with two attached hydrogens (primary N) is 1. The number of primary amides is 1. The molecule has 1 rings (SSSR count). The average molecular weight is 399 g/mol. The minimum Gasteiger partial charge on any atom is -0.480 e. The van der Waals surface area contributed by atoms with Gasteiger partial charge in [-0.3, -0.25) is 19.2 Å². The van der Waals surface area contributed by atoms with Crippen molar-refractivity contribution in [1.29, 1.82) is 0 Å². The average Bonchev–Trinajstić information content (AvgIpc) is 3.12. The summed E-state index contributed by atoms with van der Waals surface area (Å²) in [5.41, 5.74) is 5.12. The van der Waals surface area contributed by atoms with E-state index >= 15 is 0 Å². The number of nitrogens with one attached hydrogen (secondary N) is 4. The van der Waals surface area contributed by atoms with Gasteiger partial charge in [0.2, 0.25) is 23.6 Å². The number of rotatable bonds is 11. The Morgan fingerprint density at radius 3 is 2.32 bits per heavy atom. The van der Waals surface area contributed by atoms with Gasteiger partial charge in [0, 0.05) is 0 Å². The summed E-state index contributed by atoms with van der Waals surface area (Å²) >= 11 is 0. The lowest BCUT2D eigenvalue weighted by Gasteiger charge is -2.22. The first-order valence-electron chi connectivity index (χ1n) is 9.22. The van der Waals surface area contributed by atoms with Crippen LogP contribution in [-0.4, -0.2) is 65.9 Å². The van der Waals surface area contributed by atoms with Crippen molar-refractivity contribution in [3.05, 3.63) is 0 Å². The number of hydrogen-bond acceptors (Lipinski definition) is 6. The van der Waals surface area contributed by atoms with Crippen molar-refractivity contribution in [3.63, 3.8) is 0 Å². The monoisotopic (exact) mass is 399 g/mol. The number of carbonyl (C=O) groups is 5. The molecule has 0 radical (unpaired) electrons. The van der Waals surface area contributed by atoms with Gasteiger partial charge < -0.3 is 32.1 Å². The lowest BCUT2D eigenvalue weighted by molar-refractivity contribution is -0.142. The number of amides is 4. The summed E-state index contributed by atoms with van der Waals surface area (Å²) in [6.45, 7) is 3.94. The summed E-state index contributed by atoms with van der Waals surface area (Å²) in [4.78, 5) is 58.8. The lowest BCUT2D eigenvalue weighted by Crippen LogP contribution is -2.54. The van der Waals surface area contributed by atoms with Crippen LogP contribution in [0.15, 0.2) is 0 Å². The molecule has 0 saturated carbocycles. The first kappa shape index (κ1) is 23.3. The Hall–Kier alpha value is -2.69. The van der Waals surface area contributed by atoms with E-state index in [0.717, 1.165) is 13.0 Å². The second kappa shape index (κ2) is 11.2. The van der Waals surface area contributed by atoms with E-state index < -0.39 is 42.2 Å². The molecule has 4 amide bonds. The van der Waals surface area contributed by atoms with Crippen LogP contribution in [0.4, 0.5) is 0 Å². The van der Waals surface area contributed by atoms with Gasteiger partial charge in [-0.1, -0.05) is 13.8 Å². The van der Waals surface area contributed by atoms with Crippen LogP contribution in [0.3, 0.4) is 0 Å². The zero-order chi connectivity index (χ0) is 21.3. The van der Waals surface area contributed by atoms with E-state index in [-0.39, 0.29) is 30.8 Å². The SMILES string of the molecule is CC(C)CC(NC(=O)C(CC(N)=O)NC(=O)CNC(=O)C1CCCN1)C(=O)O. The molecule has 7 N–H and O–H groups in total. The van der Waals surface area contributed by atoms with Gasteiger partial charge in [0.15, 0.2) is 0 Å². The first-order chi connectivity index (χ1) is 13.1. The summed E-state index contributed by atoms with van der Waals surface area (Å²) in [6, 6.07) is -2.85. The van der Waals surface area contributed by atoms with E-state index in [4.69, 9.17) is 5.73 Å². The summed E-state index contributed by atoms with van der Waals surface area (Å²) < 4.78 is 0. The second-order valence-electron chi connectivity index (χ2n) is 7.19. The summed E-state index contributed by atoms with van der Waals surface area (Å²) in [5.74, 6) is -3.90. The van der Waals surface area contributed by atoms with Gasteiger partial charge in [-0.15, -0.1) is 0 Å². The van der Waals surface area contributed by atoms with Gasteiger partial charge in [0.1, 0.15) is 12.1 Å². The highest BCUT2D eigenvalue weighted by Crippen LogP contribution is 2.06. The zero-order valence-corrected chi connectivity index (χ0v) is 16.1. The molecule has 11 nitrogen and oxygen atoms in total. The van der Waals surface area contributed by atoms with Crippen LogP contribution < -0.4 is 27.0 Å². The summed E-state index contributed by atoms with van der Waals surface area (Å²) in [5, 5.41) is 19.3. The molecule has 0 aromatic carbocycles. The number of carbonyl (C=O) groups excluding carboxylic acids is 4. The summed E-state index contributed by atoms with van der Waals surface area (Å²) in [6.07, 6.45) is 1.23. The first-order valence-corrected chi connectivity index (χ1v) is 9.22. The molecule has 1 aliphatic rings. The third-order valence-electron chi connectivity index (χ3n) is 4.18. The van der Waals surface area contributed by atoms with Gasteiger partial charge >= 0.3 is 5.97 Å². The van der Waals surface area contributed by atoms with E-state index in [1.807, 2.05) is 0 Å². The normalized spacial score (nSPS) is 18.2. The molecule has 0 bridgehead atoms. The predicted molar refractivity (Wildman–Crippen MR) is 98.8 cm³/mol. The van der Waals surface area contributed by atoms with Crippen LogP contribution in [0.25, 0.3) is 0 Å². The molecule has 3 atom stereocenters. The van der Waals surface area contributed by atoms with Crippen molar-refractivity contribution in [2.24, 2.45) is 11.7 Å². The van der Waals surface area contributed by atoms with Gasteiger partial charge in [0.25, 0.3) is 0 Å². The van der Waals surface area contributed by atoms with Crippen molar-refractivity contribution in [2.75, 3.05) is 13.1 Å². The van der Waals surface area contributed by atoms with E-state index in [1.165, 1.54) is 0 Å². The van der Waals surface area contributed by atoms with Crippen molar-refractivity contribution >= 4 is 29.6 Å². The molecule has 11 heteroatoms. The molecule has 1 aliphatic heterocycles. The fourth-order valence-electron chi connectivity index (χ4n) is 2.82. The molecule has 0 spiro atoms. The maximum atomic E-state index is 12.4. The Morgan fingerprint density at radius 2 is 1.82 bits per heavy atom. The third-order valence-corrected chi connectivity index (χ3v) is 4.18. The van der Waals surface area contributed by atoms with Crippen molar-refractivity contribution in [3.8, 4) is 0 Å². The Balaban J connectivity index is 2.63. The highest BCUT2D eigenvalue weighted by atomic mass is 16.4. The predicted octanol–water partition coefficient (Wildman–Crippen LogP) is -2.17. The van der Waals surface area contributed by atoms with Crippen LogP contribution in [0.2, 0.25) is 0 Å². The molecule has 3 unspecified atom stereocenters. The highest BCUT2D eigenvalue weighted by Gasteiger charge is 2.28. The molecule has 1 fully saturated rings. The Kier molecular flexibility index (Phi) is 9.36. The molecule has 0 aliphatic carbocycles. The fraction of sp³-hybridized carbons (Fsp3) is 0.706. The van der Waals surface area contributed by atoms with Gasteiger partial charge in [-0.05, 0) is 31.7 Å². The maximum Gasteiger partial charge on any atom is 0.326 e. The molecule has 0 aromatic rings. The van der Waals surface area contributed by atoms with Crippen LogP contribution in [0.1, 0.15) is 39.5 Å². The van der Waals surface area contributed by atoms with Crippen molar-refractivity contribution in [2.45, 2.75) is 57.7 Å². The smallest absolute Gasteiger partial charge is 0.326 e. The Labute approximate surface area is 163 Å². The zero-order valence-electron chi connectivity index (χ0n) is 16.1. The van der Waals surface area contributed by atoms with Gasteiger partial charge in [0.05, 0.1) is 19.0 Å². The van der Waals surface area contributed by atoms with E-state index in [0.29, 0.717) is 6.42 Å². The van der Waals surface area contributed by atoms with Crippen LogP contribution in [-0.2, 0) is 24.0 Å². The lowest BCUT2D eigenvalue weighted by atomic mass is 10.0. The van der Waals surface area contributed by atoms with E-state index in [2.05, 4.69) is 21.3 Å². The minimum absolute atomic E-state index is 0.00462. The summed E-state index contributed by atoms with van der Waals surface area (Å²) in [7, 11) is 0. The van der Waals surface area contributed by atoms with Crippen LogP contribution >= 0.6 is 0 Å². The molecular formula is C17H29N5O6. The van der Waals surface area contributed by atoms with E-state index in [9.17, 15) is 29.1 Å². The molecule has 1 saturated heterocycles. The van der Waals surface area contributed by atoms with Crippen LogP contribution in [0, 0.1) is 5.92 Å². The van der Waals surface area contributed by atoms with Crippen molar-refractivity contribution < 1.29 is 29.1 Å². The Bertz CT molecular complexity index is 603. The quantitative estimate of drug-likeness (QED) is 0.229. The molecule has 28 heavy (non-hydrogen) atoms. The standard InChI is InChI=1S/C17H29N5O6/c1-9(2)6-12(17(27)28)22-16(26)11(7-13(18)23)21-14(24)8-20-15(25)10-4-3-5-19-10/h9-12,19H,3-8H2,1-2H3,(H2,18,23)(H,20,25)(H,21,24)(H,22,26)(H,27,28). The molecule has 158 valence electrons. The largest absolute Gasteiger partial charge is 0.480 e.